The Kier molecular flexibility index (Phi) is 21.4. The predicted octanol–water partition coefficient (Wildman–Crippen LogP) is 2.15. The van der Waals surface area contributed by atoms with Gasteiger partial charge < -0.3 is 5.11 Å². The van der Waals surface area contributed by atoms with Crippen molar-refractivity contribution in [1.29, 1.82) is 0 Å². The van der Waals surface area contributed by atoms with E-state index < -0.39 is 16.1 Å². The predicted molar refractivity (Wildman–Crippen MR) is 95.6 cm³/mol. The van der Waals surface area contributed by atoms with Gasteiger partial charge >= 0.3 is 5.97 Å². The van der Waals surface area contributed by atoms with E-state index in [9.17, 15) is 27.6 Å². The van der Waals surface area contributed by atoms with E-state index in [4.69, 9.17) is 9.66 Å². The van der Waals surface area contributed by atoms with Crippen molar-refractivity contribution in [3.05, 3.63) is 48.9 Å². The highest BCUT2D eigenvalue weighted by atomic mass is 32.2. The van der Waals surface area contributed by atoms with Crippen LogP contribution in [0.1, 0.15) is 27.7 Å². The number of carboxylic acids is 1. The molecule has 0 spiro atoms. The molecule has 0 aliphatic rings. The van der Waals surface area contributed by atoms with Gasteiger partial charge in [0.1, 0.15) is 0 Å². The lowest BCUT2D eigenvalue weighted by molar-refractivity contribution is -0.131. The Morgan fingerprint density at radius 1 is 0.880 bits per heavy atom. The maximum atomic E-state index is 10.0. The average Bonchev–Trinajstić information content (AvgIpc) is 2.46. The first-order chi connectivity index (χ1) is 11.1. The third-order valence-electron chi connectivity index (χ3n) is 1.56. The molecule has 0 aliphatic carbocycles. The Morgan fingerprint density at radius 2 is 1.16 bits per heavy atom. The minimum atomic E-state index is -3.90. The van der Waals surface area contributed by atoms with Gasteiger partial charge in [0.15, 0.2) is 17.3 Å². The van der Waals surface area contributed by atoms with Crippen LogP contribution in [0.2, 0.25) is 0 Å². The summed E-state index contributed by atoms with van der Waals surface area (Å²) < 4.78 is 26.6. The van der Waals surface area contributed by atoms with E-state index in [2.05, 4.69) is 19.7 Å². The molecule has 25 heavy (non-hydrogen) atoms. The zero-order valence-electron chi connectivity index (χ0n) is 14.7. The van der Waals surface area contributed by atoms with Crippen LogP contribution in [0, 0.1) is 0 Å². The molecule has 0 saturated carbocycles. The topological polar surface area (TPSA) is 143 Å². The molecule has 142 valence electrons. The normalized spacial score (nSPS) is 8.84. The summed E-state index contributed by atoms with van der Waals surface area (Å²) in [6.07, 6.45) is 3.09. The van der Waals surface area contributed by atoms with Crippen LogP contribution in [-0.2, 0) is 29.3 Å². The van der Waals surface area contributed by atoms with E-state index in [0.29, 0.717) is 11.0 Å². The largest absolute Gasteiger partial charge is 0.478 e. The number of Topliss-reactive ketones (excluding diaryl/α,β-unsaturated/α-hetero) is 1. The molecule has 0 unspecified atom stereocenters. The lowest BCUT2D eigenvalue weighted by atomic mass is 10.3. The van der Waals surface area contributed by atoms with Crippen molar-refractivity contribution in [2.75, 3.05) is 0 Å². The molecule has 0 atom stereocenters. The van der Waals surface area contributed by atoms with Gasteiger partial charge in [-0.15, -0.1) is 0 Å². The van der Waals surface area contributed by atoms with E-state index in [1.807, 2.05) is 0 Å². The van der Waals surface area contributed by atoms with Crippen molar-refractivity contribution in [1.82, 2.24) is 0 Å². The zero-order chi connectivity index (χ0) is 21.2. The number of rotatable bonds is 5. The lowest BCUT2D eigenvalue weighted by Crippen LogP contribution is -1.89. The molecule has 8 nitrogen and oxygen atoms in total. The molecule has 0 aromatic heterocycles. The van der Waals surface area contributed by atoms with Crippen LogP contribution in [0.3, 0.4) is 0 Å². The monoisotopic (exact) mass is 376 g/mol. The molecular weight excluding hydrogens is 352 g/mol. The zero-order valence-corrected chi connectivity index (χ0v) is 15.5. The molecule has 0 rings (SSSR count). The van der Waals surface area contributed by atoms with Crippen molar-refractivity contribution in [3.8, 4) is 0 Å². The summed E-state index contributed by atoms with van der Waals surface area (Å²) >= 11 is 0. The molecule has 2 N–H and O–H groups in total. The summed E-state index contributed by atoms with van der Waals surface area (Å²) in [5, 5.41) is 8.39. The highest BCUT2D eigenvalue weighted by molar-refractivity contribution is 7.88. The van der Waals surface area contributed by atoms with E-state index in [0.717, 1.165) is 12.2 Å². The first-order valence-corrected chi connectivity index (χ1v) is 7.91. The molecule has 0 heterocycles. The third-order valence-corrected chi connectivity index (χ3v) is 1.98. The number of hydrogen-bond donors (Lipinski definition) is 2. The van der Waals surface area contributed by atoms with E-state index in [1.54, 1.807) is 6.92 Å². The minimum absolute atomic E-state index is 0.0185. The SMILES string of the molecule is C=C(C)C(C)=O.C=CC(C)=O.C=CS(=O)(=O)O.CC(=O)/C=C\C(=O)O. The summed E-state index contributed by atoms with van der Waals surface area (Å²) in [6.45, 7) is 15.4. The maximum Gasteiger partial charge on any atom is 0.328 e. The van der Waals surface area contributed by atoms with Gasteiger partial charge in [-0.05, 0) is 45.4 Å². The second-order valence-electron chi connectivity index (χ2n) is 4.12. The van der Waals surface area contributed by atoms with Crippen LogP contribution in [-0.4, -0.2) is 41.4 Å². The second-order valence-corrected chi connectivity index (χ2v) is 5.48. The molecular formula is C16H24O8S. The van der Waals surface area contributed by atoms with Crippen molar-refractivity contribution >= 4 is 33.4 Å². The van der Waals surface area contributed by atoms with Crippen molar-refractivity contribution in [3.63, 3.8) is 0 Å². The Bertz CT molecular complexity index is 585. The summed E-state index contributed by atoms with van der Waals surface area (Å²) in [6, 6.07) is 0. The first kappa shape index (κ1) is 30.3. The summed E-state index contributed by atoms with van der Waals surface area (Å²) in [7, 11) is -3.90. The van der Waals surface area contributed by atoms with Crippen LogP contribution in [0.15, 0.2) is 48.9 Å². The van der Waals surface area contributed by atoms with Gasteiger partial charge in [-0.2, -0.15) is 8.42 Å². The number of allylic oxidation sites excluding steroid dienone is 3. The minimum Gasteiger partial charge on any atom is -0.478 e. The fourth-order valence-electron chi connectivity index (χ4n) is 0.189. The number of aliphatic carboxylic acids is 1. The average molecular weight is 376 g/mol. The number of hydrogen-bond acceptors (Lipinski definition) is 6. The van der Waals surface area contributed by atoms with Gasteiger partial charge in [-0.1, -0.05) is 19.7 Å². The highest BCUT2D eigenvalue weighted by Crippen LogP contribution is 1.84. The Labute approximate surface area is 148 Å². The molecule has 0 fully saturated rings. The van der Waals surface area contributed by atoms with Crippen LogP contribution in [0.5, 0.6) is 0 Å². The van der Waals surface area contributed by atoms with Crippen molar-refractivity contribution < 1.29 is 37.3 Å². The third kappa shape index (κ3) is 62.1. The molecule has 0 radical (unpaired) electrons. The van der Waals surface area contributed by atoms with Gasteiger partial charge in [0, 0.05) is 6.08 Å². The van der Waals surface area contributed by atoms with Gasteiger partial charge in [0.2, 0.25) is 0 Å². The standard InChI is InChI=1S/C5H6O3.C5H8O.C4H6O.C2H4O3S/c1-4(6)2-3-5(7)8;1-4(2)5(3)6;1-3-4(2)5;1-2-6(3,4)5/h2-3H,1H3,(H,7,8);1H2,2-3H3;3H,1H2,2H3;2H,1H2,(H,3,4,5)/b3-2-;;;. The molecule has 0 aromatic rings. The second kappa shape index (κ2) is 17.7. The molecule has 0 aliphatic heterocycles. The Hall–Kier alpha value is -2.65. The Balaban J connectivity index is -0.000000119. The molecule has 0 amide bonds. The smallest absolute Gasteiger partial charge is 0.328 e. The number of ketones is 3. The summed E-state index contributed by atoms with van der Waals surface area (Å²) in [4.78, 5) is 39.4. The van der Waals surface area contributed by atoms with E-state index in [1.165, 1.54) is 26.8 Å². The van der Waals surface area contributed by atoms with Crippen LogP contribution >= 0.6 is 0 Å². The number of carboxylic acid groups (broad SMARTS) is 1. The van der Waals surface area contributed by atoms with Gasteiger partial charge in [-0.25, -0.2) is 4.79 Å². The molecule has 0 saturated heterocycles. The fraction of sp³-hybridized carbons (Fsp3) is 0.250. The van der Waals surface area contributed by atoms with Crippen molar-refractivity contribution in [2.45, 2.75) is 27.7 Å². The fourth-order valence-corrected chi connectivity index (χ4v) is 0.189. The van der Waals surface area contributed by atoms with Crippen LogP contribution in [0.25, 0.3) is 0 Å². The maximum absolute atomic E-state index is 10.0. The number of carbonyl (C=O) groups is 4. The van der Waals surface area contributed by atoms with Gasteiger partial charge in [0.25, 0.3) is 10.1 Å². The van der Waals surface area contributed by atoms with Crippen molar-refractivity contribution in [2.24, 2.45) is 0 Å². The van der Waals surface area contributed by atoms with Gasteiger partial charge in [0.05, 0.1) is 5.41 Å². The number of carbonyl (C=O) groups excluding carboxylic acids is 3. The summed E-state index contributed by atoms with van der Waals surface area (Å²) in [5.74, 6) is -1.27. The highest BCUT2D eigenvalue weighted by Gasteiger charge is 1.88. The molecule has 0 bridgehead atoms. The lowest BCUT2D eigenvalue weighted by Gasteiger charge is -1.80. The van der Waals surface area contributed by atoms with E-state index >= 15 is 0 Å². The first-order valence-electron chi connectivity index (χ1n) is 6.41. The van der Waals surface area contributed by atoms with Crippen LogP contribution < -0.4 is 0 Å². The summed E-state index contributed by atoms with van der Waals surface area (Å²) in [5.41, 5.74) is 0.620. The molecule has 9 heteroatoms. The Morgan fingerprint density at radius 3 is 1.20 bits per heavy atom. The van der Waals surface area contributed by atoms with Crippen LogP contribution in [0.4, 0.5) is 0 Å². The molecule has 0 aromatic carbocycles. The van der Waals surface area contributed by atoms with E-state index in [-0.39, 0.29) is 17.3 Å². The van der Waals surface area contributed by atoms with Gasteiger partial charge in [-0.3, -0.25) is 18.9 Å². The quantitative estimate of drug-likeness (QED) is 0.549.